The Labute approximate surface area is 119 Å². The maximum absolute atomic E-state index is 12.7. The first-order valence-electron chi connectivity index (χ1n) is 6.56. The molecule has 6 nitrogen and oxygen atoms in total. The van der Waals surface area contributed by atoms with Crippen LogP contribution in [-0.2, 0) is 27.8 Å². The maximum atomic E-state index is 12.7. The Balaban J connectivity index is 2.46. The SMILES string of the molecule is CCN(CC(N)=O)S(=O)(=O)c1cccc2c1CCNC2. The summed E-state index contributed by atoms with van der Waals surface area (Å²) in [7, 11) is -3.68. The molecule has 7 heteroatoms. The average Bonchev–Trinajstić information content (AvgIpc) is 2.43. The fraction of sp³-hybridized carbons (Fsp3) is 0.462. The van der Waals surface area contributed by atoms with E-state index in [0.717, 1.165) is 22.0 Å². The third-order valence-electron chi connectivity index (χ3n) is 3.40. The fourth-order valence-electron chi connectivity index (χ4n) is 2.42. The number of sulfonamides is 1. The predicted molar refractivity (Wildman–Crippen MR) is 75.5 cm³/mol. The normalized spacial score (nSPS) is 15.1. The number of carbonyl (C=O) groups is 1. The standard InChI is InChI=1S/C13H19N3O3S/c1-2-16(9-13(14)17)20(18,19)12-5-3-4-10-8-15-7-6-11(10)12/h3-5,15H,2,6-9H2,1H3,(H2,14,17). The van der Waals surface area contributed by atoms with Gasteiger partial charge >= 0.3 is 0 Å². The zero-order valence-electron chi connectivity index (χ0n) is 11.4. The minimum absolute atomic E-state index is 0.215. The van der Waals surface area contributed by atoms with Crippen molar-refractivity contribution >= 4 is 15.9 Å². The lowest BCUT2D eigenvalue weighted by Gasteiger charge is -2.24. The zero-order valence-corrected chi connectivity index (χ0v) is 12.2. The van der Waals surface area contributed by atoms with Crippen molar-refractivity contribution in [3.63, 3.8) is 0 Å². The van der Waals surface area contributed by atoms with E-state index in [1.807, 2.05) is 6.07 Å². The van der Waals surface area contributed by atoms with Crippen LogP contribution >= 0.6 is 0 Å². The van der Waals surface area contributed by atoms with Gasteiger partial charge in [-0.05, 0) is 30.2 Å². The summed E-state index contributed by atoms with van der Waals surface area (Å²) >= 11 is 0. The number of nitrogens with zero attached hydrogens (tertiary/aromatic N) is 1. The van der Waals surface area contributed by atoms with Gasteiger partial charge < -0.3 is 11.1 Å². The molecule has 0 saturated carbocycles. The Morgan fingerprint density at radius 3 is 2.85 bits per heavy atom. The molecule has 0 radical (unpaired) electrons. The molecule has 0 bridgehead atoms. The number of fused-ring (bicyclic) bond motifs is 1. The lowest BCUT2D eigenvalue weighted by atomic mass is 10.0. The summed E-state index contributed by atoms with van der Waals surface area (Å²) < 4.78 is 26.5. The molecule has 110 valence electrons. The Morgan fingerprint density at radius 1 is 1.45 bits per heavy atom. The Hall–Kier alpha value is -1.44. The van der Waals surface area contributed by atoms with Gasteiger partial charge in [-0.15, -0.1) is 0 Å². The minimum Gasteiger partial charge on any atom is -0.369 e. The molecule has 1 amide bonds. The molecule has 1 heterocycles. The van der Waals surface area contributed by atoms with Crippen LogP contribution in [0.25, 0.3) is 0 Å². The monoisotopic (exact) mass is 297 g/mol. The van der Waals surface area contributed by atoms with Crippen molar-refractivity contribution in [3.8, 4) is 0 Å². The summed E-state index contributed by atoms with van der Waals surface area (Å²) in [6.45, 7) is 3.04. The van der Waals surface area contributed by atoms with Gasteiger partial charge in [-0.3, -0.25) is 4.79 Å². The first kappa shape index (κ1) is 15.0. The summed E-state index contributed by atoms with van der Waals surface area (Å²) in [6.07, 6.45) is 0.666. The van der Waals surface area contributed by atoms with E-state index < -0.39 is 15.9 Å². The largest absolute Gasteiger partial charge is 0.369 e. The molecule has 20 heavy (non-hydrogen) atoms. The van der Waals surface area contributed by atoms with Gasteiger partial charge in [0, 0.05) is 13.1 Å². The fourth-order valence-corrected chi connectivity index (χ4v) is 4.13. The molecule has 1 aromatic carbocycles. The molecule has 0 fully saturated rings. The second-order valence-electron chi connectivity index (χ2n) is 4.72. The highest BCUT2D eigenvalue weighted by Gasteiger charge is 2.28. The van der Waals surface area contributed by atoms with Gasteiger partial charge in [-0.25, -0.2) is 8.42 Å². The first-order chi connectivity index (χ1) is 9.46. The summed E-state index contributed by atoms with van der Waals surface area (Å²) in [6, 6.07) is 5.25. The van der Waals surface area contributed by atoms with Crippen molar-refractivity contribution in [1.29, 1.82) is 0 Å². The molecule has 2 rings (SSSR count). The number of nitrogens with one attached hydrogen (secondary N) is 1. The molecule has 0 unspecified atom stereocenters. The zero-order chi connectivity index (χ0) is 14.8. The third-order valence-corrected chi connectivity index (χ3v) is 5.41. The number of carbonyl (C=O) groups excluding carboxylic acids is 1. The van der Waals surface area contributed by atoms with Crippen molar-refractivity contribution in [1.82, 2.24) is 9.62 Å². The van der Waals surface area contributed by atoms with Crippen LogP contribution in [0.4, 0.5) is 0 Å². The third kappa shape index (κ3) is 2.84. The summed E-state index contributed by atoms with van der Waals surface area (Å²) in [5.41, 5.74) is 6.96. The number of primary amides is 1. The molecular formula is C13H19N3O3S. The van der Waals surface area contributed by atoms with Gasteiger partial charge in [-0.1, -0.05) is 19.1 Å². The molecule has 3 N–H and O–H groups in total. The lowest BCUT2D eigenvalue weighted by Crippen LogP contribution is -2.39. The molecule has 0 aliphatic carbocycles. The summed E-state index contributed by atoms with van der Waals surface area (Å²) in [4.78, 5) is 11.3. The molecule has 0 saturated heterocycles. The smallest absolute Gasteiger partial charge is 0.243 e. The van der Waals surface area contributed by atoms with Crippen LogP contribution in [0.3, 0.4) is 0 Å². The molecule has 0 spiro atoms. The van der Waals surface area contributed by atoms with Gasteiger partial charge in [0.05, 0.1) is 11.4 Å². The number of likely N-dealkylation sites (N-methyl/N-ethyl adjacent to an activating group) is 1. The van der Waals surface area contributed by atoms with E-state index in [-0.39, 0.29) is 13.1 Å². The van der Waals surface area contributed by atoms with Crippen LogP contribution in [0, 0.1) is 0 Å². The number of benzene rings is 1. The molecule has 1 aliphatic heterocycles. The highest BCUT2D eigenvalue weighted by atomic mass is 32.2. The Kier molecular flexibility index (Phi) is 4.42. The van der Waals surface area contributed by atoms with E-state index in [0.29, 0.717) is 17.9 Å². The van der Waals surface area contributed by atoms with Gasteiger partial charge in [0.15, 0.2) is 0 Å². The summed E-state index contributed by atoms with van der Waals surface area (Å²) in [5.74, 6) is -0.651. The second kappa shape index (κ2) is 5.90. The highest BCUT2D eigenvalue weighted by molar-refractivity contribution is 7.89. The van der Waals surface area contributed by atoms with Crippen molar-refractivity contribution in [2.24, 2.45) is 5.73 Å². The first-order valence-corrected chi connectivity index (χ1v) is 8.00. The minimum atomic E-state index is -3.68. The Bertz CT molecular complexity index is 613. The van der Waals surface area contributed by atoms with Gasteiger partial charge in [0.2, 0.25) is 15.9 Å². The lowest BCUT2D eigenvalue weighted by molar-refractivity contribution is -0.118. The molecule has 1 aliphatic rings. The molecular weight excluding hydrogens is 278 g/mol. The highest BCUT2D eigenvalue weighted by Crippen LogP contribution is 2.25. The van der Waals surface area contributed by atoms with Gasteiger partial charge in [0.1, 0.15) is 0 Å². The average molecular weight is 297 g/mol. The quantitative estimate of drug-likeness (QED) is 0.789. The second-order valence-corrected chi connectivity index (χ2v) is 6.62. The van der Waals surface area contributed by atoms with E-state index in [1.165, 1.54) is 0 Å². The van der Waals surface area contributed by atoms with E-state index in [4.69, 9.17) is 5.73 Å². The van der Waals surface area contributed by atoms with Crippen LogP contribution in [0.1, 0.15) is 18.1 Å². The van der Waals surface area contributed by atoms with Gasteiger partial charge in [-0.2, -0.15) is 4.31 Å². The van der Waals surface area contributed by atoms with E-state index in [2.05, 4.69) is 5.32 Å². The van der Waals surface area contributed by atoms with Crippen molar-refractivity contribution in [2.75, 3.05) is 19.6 Å². The van der Waals surface area contributed by atoms with Gasteiger partial charge in [0.25, 0.3) is 0 Å². The van der Waals surface area contributed by atoms with Crippen LogP contribution in [0.2, 0.25) is 0 Å². The van der Waals surface area contributed by atoms with E-state index in [1.54, 1.807) is 19.1 Å². The van der Waals surface area contributed by atoms with E-state index >= 15 is 0 Å². The van der Waals surface area contributed by atoms with Crippen LogP contribution in [0.15, 0.2) is 23.1 Å². The predicted octanol–water partition coefficient (Wildman–Crippen LogP) is -0.172. The van der Waals surface area contributed by atoms with Crippen LogP contribution < -0.4 is 11.1 Å². The number of hydrogen-bond donors (Lipinski definition) is 2. The molecule has 1 aromatic rings. The number of rotatable bonds is 5. The Morgan fingerprint density at radius 2 is 2.20 bits per heavy atom. The topological polar surface area (TPSA) is 92.5 Å². The number of nitrogens with two attached hydrogens (primary N) is 1. The molecule has 0 atom stereocenters. The van der Waals surface area contributed by atoms with Crippen LogP contribution in [-0.4, -0.2) is 38.3 Å². The van der Waals surface area contributed by atoms with Crippen molar-refractivity contribution in [2.45, 2.75) is 24.8 Å². The number of hydrogen-bond acceptors (Lipinski definition) is 4. The van der Waals surface area contributed by atoms with Crippen LogP contribution in [0.5, 0.6) is 0 Å². The summed E-state index contributed by atoms with van der Waals surface area (Å²) in [5, 5.41) is 3.21. The molecule has 0 aromatic heterocycles. The number of amides is 1. The van der Waals surface area contributed by atoms with Crippen molar-refractivity contribution in [3.05, 3.63) is 29.3 Å². The van der Waals surface area contributed by atoms with E-state index in [9.17, 15) is 13.2 Å². The maximum Gasteiger partial charge on any atom is 0.243 e. The van der Waals surface area contributed by atoms with Crippen molar-refractivity contribution < 1.29 is 13.2 Å².